The van der Waals surface area contributed by atoms with Gasteiger partial charge in [-0.2, -0.15) is 16.9 Å². The smallest absolute Gasteiger partial charge is 0.0640 e. The predicted octanol–water partition coefficient (Wildman–Crippen LogP) is 1.64. The second-order valence-electron chi connectivity index (χ2n) is 4.93. The summed E-state index contributed by atoms with van der Waals surface area (Å²) in [5.41, 5.74) is 1.20. The average molecular weight is 269 g/mol. The van der Waals surface area contributed by atoms with Gasteiger partial charge in [-0.25, -0.2) is 0 Å². The first kappa shape index (κ1) is 13.9. The van der Waals surface area contributed by atoms with Crippen LogP contribution in [0.2, 0.25) is 0 Å². The van der Waals surface area contributed by atoms with E-state index in [1.54, 1.807) is 4.68 Å². The highest BCUT2D eigenvalue weighted by Gasteiger charge is 2.19. The van der Waals surface area contributed by atoms with E-state index in [0.717, 1.165) is 11.8 Å². The molecule has 0 aliphatic heterocycles. The fourth-order valence-corrected chi connectivity index (χ4v) is 3.23. The molecule has 2 rings (SSSR count). The van der Waals surface area contributed by atoms with Gasteiger partial charge < -0.3 is 10.4 Å². The molecule has 1 aliphatic rings. The maximum absolute atomic E-state index is 8.83. The van der Waals surface area contributed by atoms with Crippen molar-refractivity contribution < 1.29 is 5.11 Å². The molecule has 0 unspecified atom stereocenters. The molecule has 0 bridgehead atoms. The summed E-state index contributed by atoms with van der Waals surface area (Å²) in [7, 11) is 0. The third-order valence-corrected chi connectivity index (χ3v) is 4.76. The van der Waals surface area contributed by atoms with E-state index in [4.69, 9.17) is 5.11 Å². The SMILES string of the molecule is CSC1CCC(NCc2cnn(CCO)c2)CC1. The normalized spacial score (nSPS) is 24.3. The Hall–Kier alpha value is -0.520. The van der Waals surface area contributed by atoms with E-state index in [2.05, 4.69) is 16.7 Å². The number of aliphatic hydroxyl groups is 1. The highest BCUT2D eigenvalue weighted by atomic mass is 32.2. The van der Waals surface area contributed by atoms with Gasteiger partial charge in [0, 0.05) is 29.6 Å². The Morgan fingerprint density at radius 3 is 2.89 bits per heavy atom. The first-order valence-electron chi connectivity index (χ1n) is 6.70. The Balaban J connectivity index is 1.71. The third kappa shape index (κ3) is 4.00. The minimum absolute atomic E-state index is 0.146. The van der Waals surface area contributed by atoms with Crippen molar-refractivity contribution in [3.8, 4) is 0 Å². The largest absolute Gasteiger partial charge is 0.394 e. The van der Waals surface area contributed by atoms with E-state index in [-0.39, 0.29) is 6.61 Å². The molecule has 1 aromatic rings. The summed E-state index contributed by atoms with van der Waals surface area (Å²) in [5.74, 6) is 0. The van der Waals surface area contributed by atoms with Gasteiger partial charge in [0.1, 0.15) is 0 Å². The molecule has 1 saturated carbocycles. The lowest BCUT2D eigenvalue weighted by atomic mass is 9.95. The standard InChI is InChI=1S/C13H23N3OS/c1-18-13-4-2-12(3-5-13)14-8-11-9-15-16(10-11)6-7-17/h9-10,12-14,17H,2-8H2,1H3. The van der Waals surface area contributed by atoms with Crippen LogP contribution in [-0.4, -0.2) is 39.0 Å². The second-order valence-corrected chi connectivity index (χ2v) is 6.06. The predicted molar refractivity (Wildman–Crippen MR) is 75.7 cm³/mol. The average Bonchev–Trinajstić information content (AvgIpc) is 2.85. The zero-order valence-corrected chi connectivity index (χ0v) is 11.8. The molecule has 0 radical (unpaired) electrons. The van der Waals surface area contributed by atoms with E-state index in [0.29, 0.717) is 12.6 Å². The van der Waals surface area contributed by atoms with E-state index in [1.165, 1.54) is 31.2 Å². The van der Waals surface area contributed by atoms with Gasteiger partial charge in [0.05, 0.1) is 19.3 Å². The van der Waals surface area contributed by atoms with Crippen LogP contribution >= 0.6 is 11.8 Å². The fraction of sp³-hybridized carbons (Fsp3) is 0.769. The minimum Gasteiger partial charge on any atom is -0.394 e. The van der Waals surface area contributed by atoms with Crippen LogP contribution in [0.4, 0.5) is 0 Å². The van der Waals surface area contributed by atoms with Crippen LogP contribution in [0.15, 0.2) is 12.4 Å². The summed E-state index contributed by atoms with van der Waals surface area (Å²) in [6.45, 7) is 1.62. The number of hydrogen-bond donors (Lipinski definition) is 2. The van der Waals surface area contributed by atoms with Gasteiger partial charge in [0.2, 0.25) is 0 Å². The Morgan fingerprint density at radius 1 is 1.44 bits per heavy atom. The lowest BCUT2D eigenvalue weighted by Gasteiger charge is -2.28. The Labute approximate surface area is 113 Å². The number of aromatic nitrogens is 2. The van der Waals surface area contributed by atoms with Gasteiger partial charge in [-0.1, -0.05) is 0 Å². The first-order chi connectivity index (χ1) is 8.81. The molecule has 0 aromatic carbocycles. The van der Waals surface area contributed by atoms with Crippen LogP contribution in [0.1, 0.15) is 31.2 Å². The third-order valence-electron chi connectivity index (χ3n) is 3.62. The molecule has 0 spiro atoms. The van der Waals surface area contributed by atoms with Crippen LogP contribution in [0.3, 0.4) is 0 Å². The van der Waals surface area contributed by atoms with E-state index in [1.807, 2.05) is 24.2 Å². The molecule has 0 atom stereocenters. The topological polar surface area (TPSA) is 50.1 Å². The molecule has 2 N–H and O–H groups in total. The highest BCUT2D eigenvalue weighted by molar-refractivity contribution is 7.99. The summed E-state index contributed by atoms with van der Waals surface area (Å²) < 4.78 is 1.79. The Bertz CT molecular complexity index is 348. The molecule has 5 heteroatoms. The summed E-state index contributed by atoms with van der Waals surface area (Å²) in [6, 6.07) is 0.662. The summed E-state index contributed by atoms with van der Waals surface area (Å²) >= 11 is 2.01. The van der Waals surface area contributed by atoms with Gasteiger partial charge in [-0.3, -0.25) is 4.68 Å². The van der Waals surface area contributed by atoms with Gasteiger partial charge >= 0.3 is 0 Å². The quantitative estimate of drug-likeness (QED) is 0.824. The highest BCUT2D eigenvalue weighted by Crippen LogP contribution is 2.26. The molecule has 18 heavy (non-hydrogen) atoms. The number of nitrogens with zero attached hydrogens (tertiary/aromatic N) is 2. The van der Waals surface area contributed by atoms with Crippen LogP contribution in [-0.2, 0) is 13.1 Å². The van der Waals surface area contributed by atoms with E-state index < -0.39 is 0 Å². The first-order valence-corrected chi connectivity index (χ1v) is 7.99. The van der Waals surface area contributed by atoms with Crippen molar-refractivity contribution in [2.45, 2.75) is 50.1 Å². The molecule has 1 fully saturated rings. The zero-order chi connectivity index (χ0) is 12.8. The zero-order valence-electron chi connectivity index (χ0n) is 11.0. The molecule has 1 aliphatic carbocycles. The van der Waals surface area contributed by atoms with Crippen molar-refractivity contribution in [3.05, 3.63) is 18.0 Å². The van der Waals surface area contributed by atoms with Gasteiger partial charge in [-0.05, 0) is 31.9 Å². The lowest BCUT2D eigenvalue weighted by molar-refractivity contribution is 0.269. The Morgan fingerprint density at radius 2 is 2.22 bits per heavy atom. The van der Waals surface area contributed by atoms with Gasteiger partial charge in [-0.15, -0.1) is 0 Å². The minimum atomic E-state index is 0.146. The van der Waals surface area contributed by atoms with Crippen LogP contribution in [0, 0.1) is 0 Å². The number of hydrogen-bond acceptors (Lipinski definition) is 4. The molecule has 102 valence electrons. The van der Waals surface area contributed by atoms with Crippen LogP contribution in [0.5, 0.6) is 0 Å². The summed E-state index contributed by atoms with van der Waals surface area (Å²) in [4.78, 5) is 0. The lowest BCUT2D eigenvalue weighted by Crippen LogP contribution is -2.33. The van der Waals surface area contributed by atoms with E-state index in [9.17, 15) is 0 Å². The number of aliphatic hydroxyl groups excluding tert-OH is 1. The molecule has 0 saturated heterocycles. The fourth-order valence-electron chi connectivity index (χ4n) is 2.49. The van der Waals surface area contributed by atoms with Crippen molar-refractivity contribution in [1.29, 1.82) is 0 Å². The number of nitrogens with one attached hydrogen (secondary N) is 1. The second kappa shape index (κ2) is 7.16. The maximum atomic E-state index is 8.83. The van der Waals surface area contributed by atoms with Crippen molar-refractivity contribution in [2.75, 3.05) is 12.9 Å². The van der Waals surface area contributed by atoms with Crippen LogP contribution < -0.4 is 5.32 Å². The summed E-state index contributed by atoms with van der Waals surface area (Å²) in [5, 5.41) is 17.5. The monoisotopic (exact) mass is 269 g/mol. The van der Waals surface area contributed by atoms with Crippen molar-refractivity contribution >= 4 is 11.8 Å². The van der Waals surface area contributed by atoms with Gasteiger partial charge in [0.25, 0.3) is 0 Å². The van der Waals surface area contributed by atoms with Crippen molar-refractivity contribution in [1.82, 2.24) is 15.1 Å². The van der Waals surface area contributed by atoms with Crippen LogP contribution in [0.25, 0.3) is 0 Å². The molecular formula is C13H23N3OS. The number of rotatable bonds is 6. The van der Waals surface area contributed by atoms with Crippen molar-refractivity contribution in [3.63, 3.8) is 0 Å². The Kier molecular flexibility index (Phi) is 5.53. The molecule has 1 aromatic heterocycles. The van der Waals surface area contributed by atoms with Crippen molar-refractivity contribution in [2.24, 2.45) is 0 Å². The molecular weight excluding hydrogens is 246 g/mol. The van der Waals surface area contributed by atoms with Gasteiger partial charge in [0.15, 0.2) is 0 Å². The molecule has 0 amide bonds. The maximum Gasteiger partial charge on any atom is 0.0640 e. The summed E-state index contributed by atoms with van der Waals surface area (Å²) in [6.07, 6.45) is 11.4. The number of thioether (sulfide) groups is 1. The molecule has 1 heterocycles. The molecule has 4 nitrogen and oxygen atoms in total. The van der Waals surface area contributed by atoms with E-state index >= 15 is 0 Å².